The van der Waals surface area contributed by atoms with Gasteiger partial charge in [0.05, 0.1) is 0 Å². The fraction of sp³-hybridized carbons (Fsp3) is 0.462. The van der Waals surface area contributed by atoms with Gasteiger partial charge >= 0.3 is 0 Å². The largest absolute Gasteiger partial charge is 0.342 e. The summed E-state index contributed by atoms with van der Waals surface area (Å²) in [6.07, 6.45) is 0.952. The molecule has 1 aromatic carbocycles. The first-order valence-corrected chi connectivity index (χ1v) is 6.27. The molecule has 94 valence electrons. The number of hydrogen-bond acceptors (Lipinski definition) is 2. The minimum Gasteiger partial charge on any atom is -0.342 e. The van der Waals surface area contributed by atoms with Crippen LogP contribution < -0.4 is 5.32 Å². The monoisotopic (exact) mass is 254 g/mol. The van der Waals surface area contributed by atoms with Crippen LogP contribution in [0.15, 0.2) is 24.3 Å². The number of amides is 1. The van der Waals surface area contributed by atoms with Crippen molar-refractivity contribution in [1.82, 2.24) is 10.2 Å². The lowest BCUT2D eigenvalue weighted by molar-refractivity contribution is 0.0793. The summed E-state index contributed by atoms with van der Waals surface area (Å²) < 4.78 is 0. The zero-order valence-corrected chi connectivity index (χ0v) is 11.1. The molecular formula is C13H19ClN2O. The normalized spacial score (nSPS) is 10.3. The summed E-state index contributed by atoms with van der Waals surface area (Å²) in [5.41, 5.74) is 1.68. The van der Waals surface area contributed by atoms with E-state index in [-0.39, 0.29) is 5.91 Å². The number of carbonyl (C=O) groups excluding carboxylic acids is 1. The molecule has 1 rings (SSSR count). The maximum Gasteiger partial charge on any atom is 0.253 e. The molecule has 3 nitrogen and oxygen atoms in total. The molecule has 1 N–H and O–H groups in total. The number of benzene rings is 1. The lowest BCUT2D eigenvalue weighted by Gasteiger charge is -2.17. The predicted molar refractivity (Wildman–Crippen MR) is 71.5 cm³/mol. The fourth-order valence-corrected chi connectivity index (χ4v) is 1.77. The Morgan fingerprint density at radius 3 is 2.88 bits per heavy atom. The van der Waals surface area contributed by atoms with Gasteiger partial charge in [-0.25, -0.2) is 0 Å². The zero-order chi connectivity index (χ0) is 12.7. The number of carbonyl (C=O) groups is 1. The summed E-state index contributed by atoms with van der Waals surface area (Å²) in [6.45, 7) is 1.67. The maximum atomic E-state index is 12.1. The van der Waals surface area contributed by atoms with Crippen molar-refractivity contribution in [3.05, 3.63) is 35.4 Å². The molecule has 0 saturated carbocycles. The molecular weight excluding hydrogens is 236 g/mol. The molecule has 1 aromatic rings. The first kappa shape index (κ1) is 14.0. The topological polar surface area (TPSA) is 32.3 Å². The Morgan fingerprint density at radius 1 is 1.47 bits per heavy atom. The van der Waals surface area contributed by atoms with E-state index in [1.807, 2.05) is 38.4 Å². The first-order chi connectivity index (χ1) is 8.19. The van der Waals surface area contributed by atoms with Crippen molar-refractivity contribution in [3.63, 3.8) is 0 Å². The van der Waals surface area contributed by atoms with E-state index in [1.165, 1.54) is 0 Å². The van der Waals surface area contributed by atoms with Crippen molar-refractivity contribution in [2.75, 3.05) is 27.2 Å². The summed E-state index contributed by atoms with van der Waals surface area (Å²) >= 11 is 5.75. The third kappa shape index (κ3) is 4.36. The van der Waals surface area contributed by atoms with E-state index in [2.05, 4.69) is 5.32 Å². The van der Waals surface area contributed by atoms with Gasteiger partial charge in [0.15, 0.2) is 0 Å². The molecule has 0 bridgehead atoms. The van der Waals surface area contributed by atoms with E-state index in [1.54, 1.807) is 4.90 Å². The smallest absolute Gasteiger partial charge is 0.253 e. The molecule has 1 amide bonds. The van der Waals surface area contributed by atoms with Crippen LogP contribution in [0.2, 0.25) is 0 Å². The van der Waals surface area contributed by atoms with Crippen LogP contribution in [0.25, 0.3) is 0 Å². The fourth-order valence-electron chi connectivity index (χ4n) is 1.60. The average Bonchev–Trinajstić information content (AvgIpc) is 2.38. The Labute approximate surface area is 108 Å². The van der Waals surface area contributed by atoms with Crippen molar-refractivity contribution in [2.24, 2.45) is 0 Å². The second-order valence-corrected chi connectivity index (χ2v) is 4.29. The quantitative estimate of drug-likeness (QED) is 0.623. The highest BCUT2D eigenvalue weighted by molar-refractivity contribution is 6.17. The maximum absolute atomic E-state index is 12.1. The molecule has 0 aliphatic rings. The number of alkyl halides is 1. The number of hydrogen-bond donors (Lipinski definition) is 1. The lowest BCUT2D eigenvalue weighted by atomic mass is 10.1. The number of nitrogens with one attached hydrogen (secondary N) is 1. The Kier molecular flexibility index (Phi) is 6.01. The summed E-state index contributed by atoms with van der Waals surface area (Å²) in [5.74, 6) is 0.484. The van der Waals surface area contributed by atoms with Gasteiger partial charge < -0.3 is 10.2 Å². The van der Waals surface area contributed by atoms with Crippen molar-refractivity contribution in [3.8, 4) is 0 Å². The molecule has 0 heterocycles. The molecule has 0 unspecified atom stereocenters. The summed E-state index contributed by atoms with van der Waals surface area (Å²) in [4.78, 5) is 13.8. The minimum atomic E-state index is 0.0491. The second kappa shape index (κ2) is 7.30. The number of halogens is 1. The van der Waals surface area contributed by atoms with Crippen LogP contribution in [0, 0.1) is 0 Å². The highest BCUT2D eigenvalue weighted by Gasteiger charge is 2.11. The molecule has 0 aliphatic heterocycles. The Morgan fingerprint density at radius 2 is 2.24 bits per heavy atom. The molecule has 0 atom stereocenters. The zero-order valence-electron chi connectivity index (χ0n) is 10.4. The molecule has 0 fully saturated rings. The Bertz CT molecular complexity index is 368. The molecule has 0 saturated heterocycles. The average molecular weight is 255 g/mol. The predicted octanol–water partition coefficient (Wildman–Crippen LogP) is 2.11. The highest BCUT2D eigenvalue weighted by atomic mass is 35.5. The van der Waals surface area contributed by atoms with E-state index in [4.69, 9.17) is 11.6 Å². The van der Waals surface area contributed by atoms with Gasteiger partial charge in [-0.1, -0.05) is 12.1 Å². The Balaban J connectivity index is 2.61. The van der Waals surface area contributed by atoms with Crippen molar-refractivity contribution >= 4 is 17.5 Å². The molecule has 17 heavy (non-hydrogen) atoms. The van der Waals surface area contributed by atoms with Crippen LogP contribution in [-0.2, 0) is 5.88 Å². The first-order valence-electron chi connectivity index (χ1n) is 5.74. The summed E-state index contributed by atoms with van der Waals surface area (Å²) in [7, 11) is 3.73. The van der Waals surface area contributed by atoms with Gasteiger partial charge in [-0.15, -0.1) is 11.6 Å². The van der Waals surface area contributed by atoms with Crippen LogP contribution in [0.4, 0.5) is 0 Å². The summed E-state index contributed by atoms with van der Waals surface area (Å²) in [5, 5.41) is 3.06. The molecule has 0 spiro atoms. The van der Waals surface area contributed by atoms with E-state index < -0.39 is 0 Å². The van der Waals surface area contributed by atoms with Crippen LogP contribution in [0.1, 0.15) is 22.3 Å². The van der Waals surface area contributed by atoms with Crippen molar-refractivity contribution < 1.29 is 4.79 Å². The highest BCUT2D eigenvalue weighted by Crippen LogP contribution is 2.10. The van der Waals surface area contributed by atoms with Crippen LogP contribution in [-0.4, -0.2) is 38.0 Å². The third-order valence-electron chi connectivity index (χ3n) is 2.60. The third-order valence-corrected chi connectivity index (χ3v) is 2.90. The van der Waals surface area contributed by atoms with Crippen molar-refractivity contribution in [2.45, 2.75) is 12.3 Å². The van der Waals surface area contributed by atoms with E-state index in [9.17, 15) is 4.79 Å². The van der Waals surface area contributed by atoms with Gasteiger partial charge in [0, 0.05) is 25.0 Å². The SMILES string of the molecule is CNCCCN(C)C(=O)c1cccc(CCl)c1. The van der Waals surface area contributed by atoms with E-state index >= 15 is 0 Å². The van der Waals surface area contributed by atoms with E-state index in [0.717, 1.165) is 25.1 Å². The van der Waals surface area contributed by atoms with Gasteiger partial charge in [-0.05, 0) is 37.7 Å². The molecule has 0 radical (unpaired) electrons. The number of nitrogens with zero attached hydrogens (tertiary/aromatic N) is 1. The Hall–Kier alpha value is -1.06. The standard InChI is InChI=1S/C13H19ClN2O/c1-15-7-4-8-16(2)13(17)12-6-3-5-11(9-12)10-14/h3,5-6,9,15H,4,7-8,10H2,1-2H3. The minimum absolute atomic E-state index is 0.0491. The van der Waals surface area contributed by atoms with Gasteiger partial charge in [0.2, 0.25) is 0 Å². The number of rotatable bonds is 6. The van der Waals surface area contributed by atoms with Crippen LogP contribution in [0.3, 0.4) is 0 Å². The second-order valence-electron chi connectivity index (χ2n) is 4.02. The lowest BCUT2D eigenvalue weighted by Crippen LogP contribution is -2.29. The van der Waals surface area contributed by atoms with E-state index in [0.29, 0.717) is 11.4 Å². The molecule has 0 aliphatic carbocycles. The van der Waals surface area contributed by atoms with Gasteiger partial charge in [-0.2, -0.15) is 0 Å². The van der Waals surface area contributed by atoms with Crippen LogP contribution in [0.5, 0.6) is 0 Å². The van der Waals surface area contributed by atoms with Gasteiger partial charge in [-0.3, -0.25) is 4.79 Å². The van der Waals surface area contributed by atoms with Crippen LogP contribution >= 0.6 is 11.6 Å². The summed E-state index contributed by atoms with van der Waals surface area (Å²) in [6, 6.07) is 7.47. The van der Waals surface area contributed by atoms with Gasteiger partial charge in [0.25, 0.3) is 5.91 Å². The molecule has 4 heteroatoms. The van der Waals surface area contributed by atoms with Gasteiger partial charge in [0.1, 0.15) is 0 Å². The molecule has 0 aromatic heterocycles. The van der Waals surface area contributed by atoms with Crippen molar-refractivity contribution in [1.29, 1.82) is 0 Å².